The summed E-state index contributed by atoms with van der Waals surface area (Å²) in [6, 6.07) is 23.1. The topological polar surface area (TPSA) is 58.7 Å². The van der Waals surface area contributed by atoms with Crippen molar-refractivity contribution in [2.24, 2.45) is 4.99 Å². The molecule has 1 fully saturated rings. The highest BCUT2D eigenvalue weighted by Gasteiger charge is 2.35. The molecule has 2 aromatic carbocycles. The van der Waals surface area contributed by atoms with E-state index in [1.165, 1.54) is 23.1 Å². The molecule has 0 atom stereocenters. The molecule has 0 bridgehead atoms. The maximum Gasteiger partial charge on any atom is 0.271 e. The van der Waals surface area contributed by atoms with Gasteiger partial charge in [0.15, 0.2) is 5.17 Å². The fourth-order valence-electron chi connectivity index (χ4n) is 3.00. The zero-order valence-corrected chi connectivity index (χ0v) is 17.3. The van der Waals surface area contributed by atoms with Crippen LogP contribution in [0.3, 0.4) is 0 Å². The number of aromatic nitrogens is 1. The fourth-order valence-corrected chi connectivity index (χ4v) is 4.71. The van der Waals surface area contributed by atoms with E-state index in [0.29, 0.717) is 21.0 Å². The molecule has 7 heteroatoms. The summed E-state index contributed by atoms with van der Waals surface area (Å²) < 4.78 is 5.38. The van der Waals surface area contributed by atoms with E-state index in [-0.39, 0.29) is 5.91 Å². The van der Waals surface area contributed by atoms with Crippen molar-refractivity contribution >= 4 is 51.1 Å². The average Bonchev–Trinajstić information content (AvgIpc) is 3.52. The molecule has 2 aromatic heterocycles. The lowest BCUT2D eigenvalue weighted by Gasteiger charge is -2.14. The fraction of sp³-hybridized carbons (Fsp3) is 0. The minimum absolute atomic E-state index is 0.138. The zero-order valence-electron chi connectivity index (χ0n) is 15.6. The molecule has 5 nitrogen and oxygen atoms in total. The Morgan fingerprint density at radius 1 is 0.967 bits per heavy atom. The molecule has 0 N–H and O–H groups in total. The summed E-state index contributed by atoms with van der Waals surface area (Å²) >= 11 is 2.76. The first kappa shape index (κ1) is 18.6. The van der Waals surface area contributed by atoms with Gasteiger partial charge in [0, 0.05) is 17.0 Å². The number of thiazole rings is 1. The quantitative estimate of drug-likeness (QED) is 0.362. The molecule has 0 radical (unpaired) electrons. The molecule has 1 amide bonds. The minimum atomic E-state index is -0.138. The molecule has 30 heavy (non-hydrogen) atoms. The highest BCUT2D eigenvalue weighted by atomic mass is 32.2. The summed E-state index contributed by atoms with van der Waals surface area (Å²) in [5.41, 5.74) is 2.66. The molecule has 1 saturated heterocycles. The number of carbonyl (C=O) groups excluding carboxylic acids is 1. The van der Waals surface area contributed by atoms with Gasteiger partial charge in [-0.15, -0.1) is 11.3 Å². The average molecular weight is 430 g/mol. The first-order valence-corrected chi connectivity index (χ1v) is 10.9. The van der Waals surface area contributed by atoms with E-state index in [1.54, 1.807) is 23.3 Å². The number of para-hydroxylation sites is 1. The third-order valence-corrected chi connectivity index (χ3v) is 6.09. The number of carbonyl (C=O) groups is 1. The molecule has 0 aliphatic carbocycles. The van der Waals surface area contributed by atoms with E-state index < -0.39 is 0 Å². The van der Waals surface area contributed by atoms with Crippen molar-refractivity contribution in [1.82, 2.24) is 4.98 Å². The first-order chi connectivity index (χ1) is 14.8. The SMILES string of the molecule is O=C1/C(=C\c2ccco2)S/C(=N/c2nc(-c3ccccc3)cs2)N1c1ccccc1. The van der Waals surface area contributed by atoms with Crippen molar-refractivity contribution in [2.45, 2.75) is 0 Å². The van der Waals surface area contributed by atoms with E-state index in [4.69, 9.17) is 9.41 Å². The molecule has 146 valence electrons. The highest BCUT2D eigenvalue weighted by Crippen LogP contribution is 2.38. The summed E-state index contributed by atoms with van der Waals surface area (Å²) in [4.78, 5) is 24.7. The smallest absolute Gasteiger partial charge is 0.271 e. The van der Waals surface area contributed by atoms with Gasteiger partial charge >= 0.3 is 0 Å². The minimum Gasteiger partial charge on any atom is -0.465 e. The van der Waals surface area contributed by atoms with E-state index in [2.05, 4.69) is 4.98 Å². The Bertz CT molecular complexity index is 1230. The Morgan fingerprint density at radius 2 is 1.73 bits per heavy atom. The third kappa shape index (κ3) is 3.72. The zero-order chi connectivity index (χ0) is 20.3. The number of benzene rings is 2. The molecule has 3 heterocycles. The summed E-state index contributed by atoms with van der Waals surface area (Å²) in [7, 11) is 0. The van der Waals surface area contributed by atoms with Crippen LogP contribution >= 0.6 is 23.1 Å². The van der Waals surface area contributed by atoms with E-state index in [0.717, 1.165) is 16.9 Å². The van der Waals surface area contributed by atoms with Gasteiger partial charge in [-0.1, -0.05) is 48.5 Å². The van der Waals surface area contributed by atoms with Crippen LogP contribution in [-0.2, 0) is 4.79 Å². The number of anilines is 1. The number of amidine groups is 1. The first-order valence-electron chi connectivity index (χ1n) is 9.20. The maximum absolute atomic E-state index is 13.2. The van der Waals surface area contributed by atoms with Gasteiger partial charge in [-0.3, -0.25) is 9.69 Å². The second-order valence-electron chi connectivity index (χ2n) is 6.38. The molecular formula is C23H15N3O2S2. The van der Waals surface area contributed by atoms with E-state index in [1.807, 2.05) is 72.1 Å². The van der Waals surface area contributed by atoms with Crippen molar-refractivity contribution < 1.29 is 9.21 Å². The molecule has 5 rings (SSSR count). The van der Waals surface area contributed by atoms with Crippen LogP contribution in [0.4, 0.5) is 10.8 Å². The lowest BCUT2D eigenvalue weighted by molar-refractivity contribution is -0.113. The van der Waals surface area contributed by atoms with E-state index >= 15 is 0 Å². The normalized spacial score (nSPS) is 16.7. The van der Waals surface area contributed by atoms with Crippen molar-refractivity contribution in [3.63, 3.8) is 0 Å². The van der Waals surface area contributed by atoms with Gasteiger partial charge in [-0.25, -0.2) is 4.98 Å². The number of thioether (sulfide) groups is 1. The van der Waals surface area contributed by atoms with Crippen LogP contribution in [0, 0.1) is 0 Å². The second-order valence-corrected chi connectivity index (χ2v) is 8.22. The number of nitrogens with zero attached hydrogens (tertiary/aromatic N) is 3. The molecule has 4 aromatic rings. The Balaban J connectivity index is 1.53. The van der Waals surface area contributed by atoms with Gasteiger partial charge in [0.2, 0.25) is 5.13 Å². The predicted octanol–water partition coefficient (Wildman–Crippen LogP) is 6.21. The molecular weight excluding hydrogens is 414 g/mol. The summed E-state index contributed by atoms with van der Waals surface area (Å²) in [5.74, 6) is 0.488. The maximum atomic E-state index is 13.2. The highest BCUT2D eigenvalue weighted by molar-refractivity contribution is 8.19. The summed E-state index contributed by atoms with van der Waals surface area (Å²) in [6.45, 7) is 0. The van der Waals surface area contributed by atoms with Crippen LogP contribution in [-0.4, -0.2) is 16.1 Å². The Labute approximate surface area is 181 Å². The Kier molecular flexibility index (Phi) is 5.04. The van der Waals surface area contributed by atoms with Gasteiger partial charge in [0.25, 0.3) is 5.91 Å². The lowest BCUT2D eigenvalue weighted by atomic mass is 10.2. The van der Waals surface area contributed by atoms with Crippen molar-refractivity contribution in [3.05, 3.63) is 95.1 Å². The monoisotopic (exact) mass is 429 g/mol. The second kappa shape index (κ2) is 8.14. The van der Waals surface area contributed by atoms with Crippen LogP contribution in [0.5, 0.6) is 0 Å². The van der Waals surface area contributed by atoms with Crippen LogP contribution in [0.15, 0.2) is 98.8 Å². The number of hydrogen-bond acceptors (Lipinski definition) is 6. The summed E-state index contributed by atoms with van der Waals surface area (Å²) in [5, 5.41) is 3.14. The molecule has 0 saturated carbocycles. The standard InChI is InChI=1S/C23H15N3O2S2/c27-21-20(14-18-12-7-13-28-18)30-23(26(21)17-10-5-2-6-11-17)25-22-24-19(15-29-22)16-8-3-1-4-9-16/h1-15H/b20-14+,25-23+. The van der Waals surface area contributed by atoms with Crippen molar-refractivity contribution in [1.29, 1.82) is 0 Å². The number of aliphatic imine (C=N–C) groups is 1. The van der Waals surface area contributed by atoms with Crippen LogP contribution < -0.4 is 4.90 Å². The predicted molar refractivity (Wildman–Crippen MR) is 123 cm³/mol. The number of amides is 1. The van der Waals surface area contributed by atoms with Crippen LogP contribution in [0.25, 0.3) is 17.3 Å². The van der Waals surface area contributed by atoms with Crippen LogP contribution in [0.2, 0.25) is 0 Å². The Hall–Kier alpha value is -3.42. The summed E-state index contributed by atoms with van der Waals surface area (Å²) in [6.07, 6.45) is 3.32. The number of furan rings is 1. The van der Waals surface area contributed by atoms with Crippen molar-refractivity contribution in [3.8, 4) is 11.3 Å². The largest absolute Gasteiger partial charge is 0.465 e. The van der Waals surface area contributed by atoms with E-state index in [9.17, 15) is 4.79 Å². The molecule has 0 unspecified atom stereocenters. The lowest BCUT2D eigenvalue weighted by Crippen LogP contribution is -2.28. The number of hydrogen-bond donors (Lipinski definition) is 0. The van der Waals surface area contributed by atoms with Gasteiger partial charge in [0.05, 0.1) is 22.5 Å². The van der Waals surface area contributed by atoms with Gasteiger partial charge in [-0.05, 0) is 36.0 Å². The van der Waals surface area contributed by atoms with Crippen LogP contribution in [0.1, 0.15) is 5.76 Å². The van der Waals surface area contributed by atoms with Gasteiger partial charge in [-0.2, -0.15) is 4.99 Å². The molecule has 0 spiro atoms. The van der Waals surface area contributed by atoms with Crippen molar-refractivity contribution in [2.75, 3.05) is 4.90 Å². The molecule has 1 aliphatic heterocycles. The number of rotatable bonds is 4. The molecule has 1 aliphatic rings. The van der Waals surface area contributed by atoms with Gasteiger partial charge in [0.1, 0.15) is 5.76 Å². The van der Waals surface area contributed by atoms with Gasteiger partial charge < -0.3 is 4.42 Å². The third-order valence-electron chi connectivity index (χ3n) is 4.39. The Morgan fingerprint density at radius 3 is 2.47 bits per heavy atom.